The van der Waals surface area contributed by atoms with E-state index in [0.29, 0.717) is 4.47 Å². The SMILES string of the molecule is O=C(O)CC1SC(=NN=Cc2c(Cl)ccc(Br)c2O)NC1=O. The van der Waals surface area contributed by atoms with E-state index in [9.17, 15) is 14.7 Å². The van der Waals surface area contributed by atoms with Crippen LogP contribution in [0.3, 0.4) is 0 Å². The minimum atomic E-state index is -1.07. The molecule has 1 aliphatic rings. The molecule has 0 saturated carbocycles. The van der Waals surface area contributed by atoms with E-state index in [0.717, 1.165) is 11.8 Å². The van der Waals surface area contributed by atoms with Crippen molar-refractivity contribution in [2.75, 3.05) is 0 Å². The second-order valence-electron chi connectivity index (χ2n) is 4.13. The van der Waals surface area contributed by atoms with Gasteiger partial charge in [-0.1, -0.05) is 23.4 Å². The number of hydrogen-bond acceptors (Lipinski definition) is 6. The van der Waals surface area contributed by atoms with Gasteiger partial charge in [0, 0.05) is 0 Å². The number of phenols is 1. The first-order chi connectivity index (χ1) is 10.4. The quantitative estimate of drug-likeness (QED) is 0.524. The normalized spacial score (nSPS) is 19.8. The third kappa shape index (κ3) is 3.99. The van der Waals surface area contributed by atoms with Crippen molar-refractivity contribution in [1.82, 2.24) is 5.32 Å². The molecule has 1 atom stereocenters. The van der Waals surface area contributed by atoms with Gasteiger partial charge >= 0.3 is 5.97 Å². The Labute approximate surface area is 142 Å². The number of carboxylic acids is 1. The highest BCUT2D eigenvalue weighted by atomic mass is 79.9. The number of phenolic OH excluding ortho intramolecular Hbond substituents is 1. The topological polar surface area (TPSA) is 111 Å². The van der Waals surface area contributed by atoms with Gasteiger partial charge in [0.1, 0.15) is 11.0 Å². The van der Waals surface area contributed by atoms with E-state index in [1.54, 1.807) is 12.1 Å². The van der Waals surface area contributed by atoms with E-state index in [-0.39, 0.29) is 27.9 Å². The molecule has 1 heterocycles. The lowest BCUT2D eigenvalue weighted by Crippen LogP contribution is -2.26. The number of carbonyl (C=O) groups excluding carboxylic acids is 1. The number of hydrogen-bond donors (Lipinski definition) is 3. The predicted molar refractivity (Wildman–Crippen MR) is 87.6 cm³/mol. The van der Waals surface area contributed by atoms with Crippen molar-refractivity contribution < 1.29 is 19.8 Å². The van der Waals surface area contributed by atoms with Crippen LogP contribution in [0.1, 0.15) is 12.0 Å². The molecule has 1 saturated heterocycles. The van der Waals surface area contributed by atoms with Crippen molar-refractivity contribution >= 4 is 62.6 Å². The number of nitrogens with zero attached hydrogens (tertiary/aromatic N) is 2. The Kier molecular flexibility index (Phi) is 5.43. The molecule has 2 rings (SSSR count). The van der Waals surface area contributed by atoms with Gasteiger partial charge in [-0.25, -0.2) is 0 Å². The van der Waals surface area contributed by atoms with Gasteiger partial charge in [-0.05, 0) is 28.1 Å². The number of aromatic hydroxyl groups is 1. The molecule has 116 valence electrons. The monoisotopic (exact) mass is 405 g/mol. The van der Waals surface area contributed by atoms with E-state index in [2.05, 4.69) is 31.4 Å². The number of rotatable bonds is 4. The maximum Gasteiger partial charge on any atom is 0.305 e. The Morgan fingerprint density at radius 2 is 2.27 bits per heavy atom. The van der Waals surface area contributed by atoms with Crippen molar-refractivity contribution in [2.45, 2.75) is 11.7 Å². The summed E-state index contributed by atoms with van der Waals surface area (Å²) >= 11 is 10.1. The molecule has 7 nitrogen and oxygen atoms in total. The lowest BCUT2D eigenvalue weighted by Gasteiger charge is -2.02. The zero-order chi connectivity index (χ0) is 16.3. The lowest BCUT2D eigenvalue weighted by atomic mass is 10.2. The van der Waals surface area contributed by atoms with Crippen LogP contribution in [0.5, 0.6) is 5.75 Å². The van der Waals surface area contributed by atoms with Gasteiger partial charge in [-0.15, -0.1) is 5.10 Å². The highest BCUT2D eigenvalue weighted by Gasteiger charge is 2.32. The van der Waals surface area contributed by atoms with Crippen molar-refractivity contribution in [2.24, 2.45) is 10.2 Å². The highest BCUT2D eigenvalue weighted by molar-refractivity contribution is 9.10. The number of carboxylic acid groups (broad SMARTS) is 1. The molecule has 0 spiro atoms. The molecular formula is C12H9BrClN3O4S. The molecule has 0 bridgehead atoms. The Morgan fingerprint density at radius 3 is 2.95 bits per heavy atom. The molecule has 0 radical (unpaired) electrons. The van der Waals surface area contributed by atoms with Gasteiger partial charge in [0.05, 0.1) is 27.7 Å². The van der Waals surface area contributed by atoms with Crippen molar-refractivity contribution in [3.05, 3.63) is 27.2 Å². The van der Waals surface area contributed by atoms with Crippen LogP contribution in [0.2, 0.25) is 5.02 Å². The Hall–Kier alpha value is -1.58. The molecular weight excluding hydrogens is 398 g/mol. The summed E-state index contributed by atoms with van der Waals surface area (Å²) in [6, 6.07) is 3.17. The van der Waals surface area contributed by atoms with Crippen LogP contribution < -0.4 is 5.32 Å². The number of benzene rings is 1. The van der Waals surface area contributed by atoms with E-state index >= 15 is 0 Å². The number of amidine groups is 1. The molecule has 0 aliphatic carbocycles. The summed E-state index contributed by atoms with van der Waals surface area (Å²) < 4.78 is 0.455. The molecule has 0 aromatic heterocycles. The average Bonchev–Trinajstić information content (AvgIpc) is 2.78. The van der Waals surface area contributed by atoms with E-state index < -0.39 is 17.1 Å². The number of thioether (sulfide) groups is 1. The summed E-state index contributed by atoms with van der Waals surface area (Å²) in [6.07, 6.45) is 0.949. The van der Waals surface area contributed by atoms with Gasteiger partial charge in [-0.3, -0.25) is 9.59 Å². The second kappa shape index (κ2) is 7.12. The van der Waals surface area contributed by atoms with Crippen LogP contribution in [0.15, 0.2) is 26.8 Å². The molecule has 1 aromatic rings. The van der Waals surface area contributed by atoms with Gasteiger partial charge in [0.2, 0.25) is 5.91 Å². The lowest BCUT2D eigenvalue weighted by molar-refractivity contribution is -0.138. The summed E-state index contributed by atoms with van der Waals surface area (Å²) in [5.74, 6) is -1.57. The molecule has 1 aromatic carbocycles. The van der Waals surface area contributed by atoms with Crippen molar-refractivity contribution in [3.63, 3.8) is 0 Å². The summed E-state index contributed by atoms with van der Waals surface area (Å²) in [7, 11) is 0. The van der Waals surface area contributed by atoms with Gasteiger partial charge in [0.15, 0.2) is 5.17 Å². The fourth-order valence-corrected chi connectivity index (χ4v) is 3.03. The number of halogens is 2. The maximum atomic E-state index is 11.5. The van der Waals surface area contributed by atoms with Crippen LogP contribution in [-0.2, 0) is 9.59 Å². The summed E-state index contributed by atoms with van der Waals surface area (Å²) in [5.41, 5.74) is 0.275. The minimum absolute atomic E-state index is 0.0803. The molecule has 3 N–H and O–H groups in total. The fourth-order valence-electron chi connectivity index (χ4n) is 1.56. The van der Waals surface area contributed by atoms with E-state index in [1.807, 2.05) is 0 Å². The molecule has 1 fully saturated rings. The molecule has 1 aliphatic heterocycles. The zero-order valence-corrected chi connectivity index (χ0v) is 13.9. The summed E-state index contributed by atoms with van der Waals surface area (Å²) in [6.45, 7) is 0. The Morgan fingerprint density at radius 1 is 1.55 bits per heavy atom. The van der Waals surface area contributed by atoms with E-state index in [1.165, 1.54) is 6.21 Å². The third-order valence-corrected chi connectivity index (χ3v) is 4.63. The van der Waals surface area contributed by atoms with Crippen LogP contribution in [0.4, 0.5) is 0 Å². The maximum absolute atomic E-state index is 11.5. The number of carbonyl (C=O) groups is 2. The zero-order valence-electron chi connectivity index (χ0n) is 10.8. The van der Waals surface area contributed by atoms with Crippen molar-refractivity contribution in [1.29, 1.82) is 0 Å². The standard InChI is InChI=1S/C12H9BrClN3O4S/c13-6-1-2-7(14)5(10(6)20)4-15-17-12-16-11(21)8(22-12)3-9(18)19/h1-2,4,8,20H,3H2,(H,18,19)(H,16,17,21). The van der Waals surface area contributed by atoms with Gasteiger partial charge < -0.3 is 15.5 Å². The largest absolute Gasteiger partial charge is 0.506 e. The fraction of sp³-hybridized carbons (Fsp3) is 0.167. The smallest absolute Gasteiger partial charge is 0.305 e. The Bertz CT molecular complexity index is 695. The minimum Gasteiger partial charge on any atom is -0.506 e. The third-order valence-electron chi connectivity index (χ3n) is 2.59. The van der Waals surface area contributed by atoms with Crippen LogP contribution in [0.25, 0.3) is 0 Å². The molecule has 10 heteroatoms. The number of amides is 1. The summed E-state index contributed by atoms with van der Waals surface area (Å²) in [4.78, 5) is 22.1. The van der Waals surface area contributed by atoms with Crippen LogP contribution >= 0.6 is 39.3 Å². The van der Waals surface area contributed by atoms with Crippen molar-refractivity contribution in [3.8, 4) is 5.75 Å². The first-order valence-electron chi connectivity index (χ1n) is 5.85. The summed E-state index contributed by atoms with van der Waals surface area (Å²) in [5, 5.41) is 28.2. The molecule has 1 unspecified atom stereocenters. The second-order valence-corrected chi connectivity index (χ2v) is 6.59. The predicted octanol–water partition coefficient (Wildman–Crippen LogP) is 2.20. The molecule has 22 heavy (non-hydrogen) atoms. The number of aliphatic carboxylic acids is 1. The van der Waals surface area contributed by atoms with E-state index in [4.69, 9.17) is 16.7 Å². The van der Waals surface area contributed by atoms with Crippen LogP contribution in [-0.4, -0.2) is 38.7 Å². The molecule has 1 amide bonds. The average molecular weight is 407 g/mol. The first kappa shape index (κ1) is 16.8. The highest BCUT2D eigenvalue weighted by Crippen LogP contribution is 2.31. The first-order valence-corrected chi connectivity index (χ1v) is 7.91. The van der Waals surface area contributed by atoms with Gasteiger partial charge in [-0.2, -0.15) is 5.10 Å². The Balaban J connectivity index is 2.11. The van der Waals surface area contributed by atoms with Crippen LogP contribution in [0, 0.1) is 0 Å². The van der Waals surface area contributed by atoms with Gasteiger partial charge in [0.25, 0.3) is 0 Å². The number of nitrogens with one attached hydrogen (secondary N) is 1.